The Labute approximate surface area is 228 Å². The van der Waals surface area contributed by atoms with E-state index in [0.29, 0.717) is 40.9 Å². The average Bonchev–Trinajstić information content (AvgIpc) is 3.56. The number of fused-ring (bicyclic) bond motifs is 1. The Bertz CT molecular complexity index is 1410. The van der Waals surface area contributed by atoms with Crippen molar-refractivity contribution >= 4 is 11.7 Å². The second kappa shape index (κ2) is 11.4. The van der Waals surface area contributed by atoms with Crippen molar-refractivity contribution < 1.29 is 18.8 Å². The summed E-state index contributed by atoms with van der Waals surface area (Å²) in [5.74, 6) is 2.11. The number of nitriles is 1. The van der Waals surface area contributed by atoms with E-state index in [-0.39, 0.29) is 29.8 Å². The van der Waals surface area contributed by atoms with Crippen molar-refractivity contribution in [3.8, 4) is 34.7 Å². The molecular formula is C31H34N4O4. The summed E-state index contributed by atoms with van der Waals surface area (Å²) >= 11 is 0. The molecule has 2 aromatic carbocycles. The Morgan fingerprint density at radius 3 is 2.67 bits per heavy atom. The van der Waals surface area contributed by atoms with Gasteiger partial charge in [0.15, 0.2) is 0 Å². The van der Waals surface area contributed by atoms with Crippen molar-refractivity contribution in [2.24, 2.45) is 11.8 Å². The molecule has 5 rings (SSSR count). The van der Waals surface area contributed by atoms with Gasteiger partial charge in [-0.15, -0.1) is 0 Å². The summed E-state index contributed by atoms with van der Waals surface area (Å²) in [4.78, 5) is 29.2. The van der Waals surface area contributed by atoms with Gasteiger partial charge in [0.2, 0.25) is 11.7 Å². The number of Topliss-reactive ketones (excluding diaryl/α,β-unsaturated/α-hetero) is 1. The quantitative estimate of drug-likeness (QED) is 0.385. The number of amides is 1. The molecular weight excluding hydrogens is 492 g/mol. The Morgan fingerprint density at radius 2 is 1.95 bits per heavy atom. The number of nitrogens with one attached hydrogen (secondary N) is 1. The van der Waals surface area contributed by atoms with Gasteiger partial charge in [-0.3, -0.25) is 4.79 Å². The van der Waals surface area contributed by atoms with Crippen LogP contribution in [-0.2, 0) is 16.0 Å². The molecule has 0 unspecified atom stereocenters. The van der Waals surface area contributed by atoms with Gasteiger partial charge >= 0.3 is 0 Å². The minimum Gasteiger partial charge on any atom is -0.490 e. The predicted octanol–water partition coefficient (Wildman–Crippen LogP) is 5.95. The monoisotopic (exact) mass is 526 g/mol. The van der Waals surface area contributed by atoms with Crippen LogP contribution in [0.1, 0.15) is 82.0 Å². The van der Waals surface area contributed by atoms with Crippen molar-refractivity contribution in [2.75, 3.05) is 0 Å². The standard InChI is InChI=1S/C31H34N4O4/c1-18(2)38-28-14-11-22(16-23(28)17-32)31-34-29(35-39-31)26-6-4-5-25-24(26)12-13-27(25)33-30(37)21-9-7-20(8-10-21)15-19(3)36/h4-6,11,14,16,18,20-21,27H,7-10,12-13,15H2,1-3H3,(H,33,37)/t20?,21?,27-/m0/s1. The summed E-state index contributed by atoms with van der Waals surface area (Å²) in [6, 6.07) is 13.4. The Kier molecular flexibility index (Phi) is 7.78. The van der Waals surface area contributed by atoms with Crippen molar-refractivity contribution in [1.82, 2.24) is 15.5 Å². The normalized spacial score (nSPS) is 20.3. The summed E-state index contributed by atoms with van der Waals surface area (Å²) in [5.41, 5.74) is 4.17. The van der Waals surface area contributed by atoms with Crippen LogP contribution in [0.15, 0.2) is 40.9 Å². The van der Waals surface area contributed by atoms with E-state index < -0.39 is 0 Å². The van der Waals surface area contributed by atoms with E-state index in [9.17, 15) is 14.9 Å². The lowest BCUT2D eigenvalue weighted by atomic mass is 9.79. The molecule has 0 spiro atoms. The van der Waals surface area contributed by atoms with Gasteiger partial charge in [-0.1, -0.05) is 23.4 Å². The van der Waals surface area contributed by atoms with Gasteiger partial charge in [0, 0.05) is 23.5 Å². The average molecular weight is 527 g/mol. The van der Waals surface area contributed by atoms with Gasteiger partial charge in [-0.05, 0) is 94.5 Å². The minimum absolute atomic E-state index is 0.0100. The molecule has 0 saturated heterocycles. The number of ether oxygens (including phenoxy) is 1. The van der Waals surface area contributed by atoms with E-state index in [1.807, 2.05) is 32.0 Å². The third kappa shape index (κ3) is 5.88. The van der Waals surface area contributed by atoms with Gasteiger partial charge in [0.1, 0.15) is 17.6 Å². The minimum atomic E-state index is -0.0421. The Morgan fingerprint density at radius 1 is 1.15 bits per heavy atom. The van der Waals surface area contributed by atoms with Gasteiger partial charge in [0.05, 0.1) is 17.7 Å². The van der Waals surface area contributed by atoms with Crippen LogP contribution in [0.2, 0.25) is 0 Å². The summed E-state index contributed by atoms with van der Waals surface area (Å²) in [6.45, 7) is 5.47. The maximum absolute atomic E-state index is 13.1. The summed E-state index contributed by atoms with van der Waals surface area (Å²) in [5, 5.41) is 17.1. The molecule has 1 N–H and O–H groups in total. The first-order valence-corrected chi connectivity index (χ1v) is 13.8. The predicted molar refractivity (Wildman–Crippen MR) is 146 cm³/mol. The van der Waals surface area contributed by atoms with Crippen molar-refractivity contribution in [3.63, 3.8) is 0 Å². The number of carbonyl (C=O) groups excluding carboxylic acids is 2. The zero-order valence-electron chi connectivity index (χ0n) is 22.7. The summed E-state index contributed by atoms with van der Waals surface area (Å²) in [6.07, 6.45) is 5.78. The smallest absolute Gasteiger partial charge is 0.258 e. The van der Waals surface area contributed by atoms with Gasteiger partial charge < -0.3 is 19.4 Å². The first-order valence-electron chi connectivity index (χ1n) is 13.8. The fourth-order valence-electron chi connectivity index (χ4n) is 5.90. The number of nitrogens with zero attached hydrogens (tertiary/aromatic N) is 3. The van der Waals surface area contributed by atoms with Crippen LogP contribution in [0.3, 0.4) is 0 Å². The van der Waals surface area contributed by atoms with Crippen LogP contribution in [0.5, 0.6) is 5.75 Å². The van der Waals surface area contributed by atoms with Crippen LogP contribution in [-0.4, -0.2) is 27.9 Å². The highest BCUT2D eigenvalue weighted by Gasteiger charge is 2.32. The van der Waals surface area contributed by atoms with Crippen molar-refractivity contribution in [3.05, 3.63) is 53.1 Å². The van der Waals surface area contributed by atoms with Crippen molar-refractivity contribution in [2.45, 2.75) is 77.9 Å². The van der Waals surface area contributed by atoms with Gasteiger partial charge in [-0.2, -0.15) is 10.2 Å². The number of hydrogen-bond donors (Lipinski definition) is 1. The molecule has 1 saturated carbocycles. The fraction of sp³-hybridized carbons (Fsp3) is 0.452. The topological polar surface area (TPSA) is 118 Å². The molecule has 0 bridgehead atoms. The molecule has 39 heavy (non-hydrogen) atoms. The van der Waals surface area contributed by atoms with Crippen LogP contribution >= 0.6 is 0 Å². The first-order chi connectivity index (χ1) is 18.8. The molecule has 0 radical (unpaired) electrons. The number of carbonyl (C=O) groups is 2. The first kappa shape index (κ1) is 26.6. The summed E-state index contributed by atoms with van der Waals surface area (Å²) in [7, 11) is 0. The van der Waals surface area contributed by atoms with Crippen LogP contribution < -0.4 is 10.1 Å². The molecule has 1 fully saturated rings. The van der Waals surface area contributed by atoms with E-state index in [1.165, 1.54) is 0 Å². The highest BCUT2D eigenvalue weighted by Crippen LogP contribution is 2.39. The largest absolute Gasteiger partial charge is 0.490 e. The van der Waals surface area contributed by atoms with Crippen LogP contribution in [0.25, 0.3) is 22.8 Å². The number of benzene rings is 2. The van der Waals surface area contributed by atoms with Crippen LogP contribution in [0.4, 0.5) is 0 Å². The number of ketones is 1. The zero-order chi connectivity index (χ0) is 27.5. The number of rotatable bonds is 8. The maximum Gasteiger partial charge on any atom is 0.258 e. The van der Waals surface area contributed by atoms with E-state index in [2.05, 4.69) is 27.6 Å². The zero-order valence-corrected chi connectivity index (χ0v) is 22.7. The third-order valence-electron chi connectivity index (χ3n) is 7.76. The Balaban J connectivity index is 1.29. The molecule has 1 amide bonds. The second-order valence-electron chi connectivity index (χ2n) is 11.0. The molecule has 1 aromatic heterocycles. The molecule has 1 atom stereocenters. The van der Waals surface area contributed by atoms with Crippen molar-refractivity contribution in [1.29, 1.82) is 5.26 Å². The molecule has 1 heterocycles. The fourth-order valence-corrected chi connectivity index (χ4v) is 5.90. The van der Waals surface area contributed by atoms with Crippen LogP contribution in [0, 0.1) is 23.2 Å². The SMILES string of the molecule is CC(=O)CC1CCC(C(=O)N[C@H]2CCc3c(-c4noc(-c5ccc(OC(C)C)c(C#N)c5)n4)cccc32)CC1. The molecule has 2 aliphatic rings. The van der Waals surface area contributed by atoms with E-state index >= 15 is 0 Å². The second-order valence-corrected chi connectivity index (χ2v) is 11.0. The summed E-state index contributed by atoms with van der Waals surface area (Å²) < 4.78 is 11.3. The molecule has 0 aliphatic heterocycles. The maximum atomic E-state index is 13.1. The molecule has 8 heteroatoms. The molecule has 2 aliphatic carbocycles. The van der Waals surface area contributed by atoms with E-state index in [4.69, 9.17) is 9.26 Å². The molecule has 3 aromatic rings. The number of aromatic nitrogens is 2. The highest BCUT2D eigenvalue weighted by molar-refractivity contribution is 5.80. The van der Waals surface area contributed by atoms with E-state index in [0.717, 1.165) is 55.2 Å². The third-order valence-corrected chi connectivity index (χ3v) is 7.76. The lowest BCUT2D eigenvalue weighted by molar-refractivity contribution is -0.127. The van der Waals surface area contributed by atoms with Gasteiger partial charge in [0.25, 0.3) is 5.89 Å². The van der Waals surface area contributed by atoms with E-state index in [1.54, 1.807) is 19.1 Å². The molecule has 8 nitrogen and oxygen atoms in total. The lowest BCUT2D eigenvalue weighted by Gasteiger charge is -2.28. The Hall–Kier alpha value is -3.99. The highest BCUT2D eigenvalue weighted by atomic mass is 16.5. The lowest BCUT2D eigenvalue weighted by Crippen LogP contribution is -2.35. The molecule has 202 valence electrons. The van der Waals surface area contributed by atoms with Gasteiger partial charge in [-0.25, -0.2) is 0 Å². The number of hydrogen-bond acceptors (Lipinski definition) is 7.